The van der Waals surface area contributed by atoms with E-state index in [1.54, 1.807) is 13.8 Å². The first-order chi connectivity index (χ1) is 9.20. The van der Waals surface area contributed by atoms with Crippen LogP contribution in [-0.4, -0.2) is 23.1 Å². The van der Waals surface area contributed by atoms with Crippen LogP contribution in [0.25, 0.3) is 0 Å². The van der Waals surface area contributed by atoms with E-state index in [4.69, 9.17) is 27.9 Å². The molecule has 112 valence electrons. The minimum atomic E-state index is -3.70. The van der Waals surface area contributed by atoms with Crippen LogP contribution in [0.5, 0.6) is 5.75 Å². The van der Waals surface area contributed by atoms with Crippen molar-refractivity contribution in [2.24, 2.45) is 0 Å². The number of nitrogens with one attached hydrogen (secondary N) is 1. The third-order valence-corrected chi connectivity index (χ3v) is 2.46. The fourth-order valence-electron chi connectivity index (χ4n) is 1.17. The largest absolute Gasteiger partial charge is 0.447 e. The van der Waals surface area contributed by atoms with Gasteiger partial charge in [-0.2, -0.15) is 8.78 Å². The maximum atomic E-state index is 13.1. The van der Waals surface area contributed by atoms with Crippen LogP contribution in [0, 0.1) is 0 Å². The van der Waals surface area contributed by atoms with Crippen molar-refractivity contribution in [3.8, 4) is 5.75 Å². The summed E-state index contributed by atoms with van der Waals surface area (Å²) in [4.78, 5) is 9.32. The van der Waals surface area contributed by atoms with E-state index in [-0.39, 0.29) is 11.9 Å². The summed E-state index contributed by atoms with van der Waals surface area (Å²) < 4.78 is 35.4. The minimum absolute atomic E-state index is 0.135. The van der Waals surface area contributed by atoms with Gasteiger partial charge >= 0.3 is 12.2 Å². The van der Waals surface area contributed by atoms with Crippen LogP contribution in [0.15, 0.2) is 24.3 Å². The molecule has 1 N–H and O–H groups in total. The number of halogens is 4. The summed E-state index contributed by atoms with van der Waals surface area (Å²) in [6, 6.07) is 5.25. The molecule has 20 heavy (non-hydrogen) atoms. The molecule has 0 fully saturated rings. The van der Waals surface area contributed by atoms with Crippen LogP contribution in [0.4, 0.5) is 19.3 Å². The van der Waals surface area contributed by atoms with Crippen LogP contribution in [-0.2, 0) is 4.74 Å². The molecule has 1 aromatic rings. The van der Waals surface area contributed by atoms with Gasteiger partial charge in [0.25, 0.3) is 0 Å². The van der Waals surface area contributed by atoms with Gasteiger partial charge in [0.2, 0.25) is 4.84 Å². The number of hydrogen-bond acceptors (Lipinski definition) is 3. The Hall–Kier alpha value is -1.27. The fourth-order valence-corrected chi connectivity index (χ4v) is 1.26. The van der Waals surface area contributed by atoms with Crippen molar-refractivity contribution < 1.29 is 23.0 Å². The number of carbonyl (C=O) groups is 1. The maximum absolute atomic E-state index is 13.1. The van der Waals surface area contributed by atoms with Crippen LogP contribution < -0.4 is 10.1 Å². The van der Waals surface area contributed by atoms with Crippen LogP contribution in [0.2, 0.25) is 0 Å². The fraction of sp³-hybridized carbons (Fsp3) is 0.417. The second kappa shape index (κ2) is 6.95. The van der Waals surface area contributed by atoms with E-state index in [1.165, 1.54) is 24.3 Å². The quantitative estimate of drug-likeness (QED) is 0.814. The van der Waals surface area contributed by atoms with E-state index >= 15 is 0 Å². The molecule has 0 spiro atoms. The molecular weight excluding hydrogens is 315 g/mol. The molecule has 1 aromatic carbocycles. The third kappa shape index (κ3) is 5.38. The third-order valence-electron chi connectivity index (χ3n) is 1.95. The number of amides is 1. The lowest BCUT2D eigenvalue weighted by atomic mass is 10.3. The molecular formula is C12H13Cl2F2NO3. The summed E-state index contributed by atoms with van der Waals surface area (Å²) in [7, 11) is 0. The highest BCUT2D eigenvalue weighted by molar-refractivity contribution is 6.44. The van der Waals surface area contributed by atoms with Gasteiger partial charge in [-0.05, 0) is 38.1 Å². The topological polar surface area (TPSA) is 47.6 Å². The number of ether oxygens (including phenoxy) is 2. The molecule has 0 bridgehead atoms. The number of anilines is 1. The number of rotatable bonds is 5. The molecule has 0 radical (unpaired) electrons. The average molecular weight is 328 g/mol. The molecule has 1 rings (SSSR count). The highest BCUT2D eigenvalue weighted by atomic mass is 35.5. The maximum Gasteiger partial charge on any atom is 0.428 e. The van der Waals surface area contributed by atoms with E-state index in [1.807, 2.05) is 0 Å². The van der Waals surface area contributed by atoms with Crippen molar-refractivity contribution in [1.29, 1.82) is 0 Å². The van der Waals surface area contributed by atoms with Gasteiger partial charge in [0.15, 0.2) is 0 Å². The number of hydrogen-bond donors (Lipinski definition) is 1. The zero-order chi connectivity index (χ0) is 15.3. The second-order valence-corrected chi connectivity index (χ2v) is 5.16. The zero-order valence-electron chi connectivity index (χ0n) is 10.7. The summed E-state index contributed by atoms with van der Waals surface area (Å²) >= 11 is 10.2. The van der Waals surface area contributed by atoms with Crippen LogP contribution in [0.3, 0.4) is 0 Å². The SMILES string of the molecule is CC(C)OC(=O)Nc1ccc(OC(F)(F)C(Cl)Cl)cc1. The Morgan fingerprint density at radius 3 is 2.25 bits per heavy atom. The number of benzene rings is 1. The molecule has 4 nitrogen and oxygen atoms in total. The Morgan fingerprint density at radius 2 is 1.80 bits per heavy atom. The van der Waals surface area contributed by atoms with Gasteiger partial charge in [-0.25, -0.2) is 4.79 Å². The molecule has 0 saturated carbocycles. The minimum Gasteiger partial charge on any atom is -0.447 e. The lowest BCUT2D eigenvalue weighted by molar-refractivity contribution is -0.163. The number of alkyl halides is 4. The van der Waals surface area contributed by atoms with Crippen LogP contribution in [0.1, 0.15) is 13.8 Å². The molecule has 1 amide bonds. The Balaban J connectivity index is 2.63. The molecule has 0 saturated heterocycles. The lowest BCUT2D eigenvalue weighted by Crippen LogP contribution is -2.32. The van der Waals surface area contributed by atoms with Gasteiger partial charge in [0.05, 0.1) is 6.10 Å². The summed E-state index contributed by atoms with van der Waals surface area (Å²) in [5, 5.41) is 2.43. The molecule has 0 aliphatic heterocycles. The summed E-state index contributed by atoms with van der Waals surface area (Å²) in [5.74, 6) is -0.135. The van der Waals surface area contributed by atoms with Crippen molar-refractivity contribution in [1.82, 2.24) is 0 Å². The summed E-state index contributed by atoms with van der Waals surface area (Å²) in [6.07, 6.45) is -4.60. The molecule has 0 unspecified atom stereocenters. The van der Waals surface area contributed by atoms with E-state index in [9.17, 15) is 13.6 Å². The van der Waals surface area contributed by atoms with Crippen molar-refractivity contribution >= 4 is 35.0 Å². The van der Waals surface area contributed by atoms with Gasteiger partial charge in [0.1, 0.15) is 5.75 Å². The predicted molar refractivity (Wildman–Crippen MR) is 72.8 cm³/mol. The van der Waals surface area contributed by atoms with E-state index in [0.29, 0.717) is 5.69 Å². The first kappa shape index (κ1) is 16.8. The van der Waals surface area contributed by atoms with Gasteiger partial charge in [-0.3, -0.25) is 5.32 Å². The molecule has 0 atom stereocenters. The second-order valence-electron chi connectivity index (χ2n) is 4.07. The Bertz CT molecular complexity index is 453. The zero-order valence-corrected chi connectivity index (χ0v) is 12.2. The Kier molecular flexibility index (Phi) is 5.83. The standard InChI is InChI=1S/C12H13Cl2F2NO3/c1-7(2)19-11(18)17-8-3-5-9(6-4-8)20-12(15,16)10(13)14/h3-7,10H,1-2H3,(H,17,18). The summed E-state index contributed by atoms with van der Waals surface area (Å²) in [5.41, 5.74) is 0.375. The molecule has 8 heteroatoms. The highest BCUT2D eigenvalue weighted by Crippen LogP contribution is 2.30. The molecule has 0 aliphatic carbocycles. The first-order valence-electron chi connectivity index (χ1n) is 5.63. The smallest absolute Gasteiger partial charge is 0.428 e. The molecule has 0 aliphatic rings. The number of carbonyl (C=O) groups excluding carboxylic acids is 1. The normalized spacial score (nSPS) is 11.6. The van der Waals surface area contributed by atoms with Gasteiger partial charge < -0.3 is 9.47 Å². The highest BCUT2D eigenvalue weighted by Gasteiger charge is 2.40. The van der Waals surface area contributed by atoms with E-state index in [2.05, 4.69) is 10.1 Å². The van der Waals surface area contributed by atoms with Crippen molar-refractivity contribution in [3.63, 3.8) is 0 Å². The van der Waals surface area contributed by atoms with Gasteiger partial charge in [0, 0.05) is 5.69 Å². The van der Waals surface area contributed by atoms with Gasteiger partial charge in [-0.1, -0.05) is 23.2 Å². The molecule has 0 heterocycles. The predicted octanol–water partition coefficient (Wildman–Crippen LogP) is 4.42. The monoisotopic (exact) mass is 327 g/mol. The van der Waals surface area contributed by atoms with Crippen molar-refractivity contribution in [2.45, 2.75) is 30.9 Å². The van der Waals surface area contributed by atoms with Crippen molar-refractivity contribution in [2.75, 3.05) is 5.32 Å². The van der Waals surface area contributed by atoms with E-state index < -0.39 is 17.0 Å². The van der Waals surface area contributed by atoms with E-state index in [0.717, 1.165) is 0 Å². The lowest BCUT2D eigenvalue weighted by Gasteiger charge is -2.18. The first-order valence-corrected chi connectivity index (χ1v) is 6.50. The Labute approximate surface area is 124 Å². The van der Waals surface area contributed by atoms with Gasteiger partial charge in [-0.15, -0.1) is 0 Å². The Morgan fingerprint density at radius 1 is 1.25 bits per heavy atom. The summed E-state index contributed by atoms with van der Waals surface area (Å²) in [6.45, 7) is 3.40. The van der Waals surface area contributed by atoms with Crippen LogP contribution >= 0.6 is 23.2 Å². The average Bonchev–Trinajstić information content (AvgIpc) is 2.30. The van der Waals surface area contributed by atoms with Crippen molar-refractivity contribution in [3.05, 3.63) is 24.3 Å². The molecule has 0 aromatic heterocycles.